The molecule has 0 bridgehead atoms. The summed E-state index contributed by atoms with van der Waals surface area (Å²) >= 11 is 0. The van der Waals surface area contributed by atoms with Gasteiger partial charge in [0.25, 0.3) is 0 Å². The molecule has 7 nitrogen and oxygen atoms in total. The van der Waals surface area contributed by atoms with Crippen LogP contribution in [0, 0.1) is 12.8 Å². The Morgan fingerprint density at radius 1 is 1.16 bits per heavy atom. The van der Waals surface area contributed by atoms with Crippen LogP contribution < -0.4 is 10.2 Å². The van der Waals surface area contributed by atoms with Crippen LogP contribution in [0.3, 0.4) is 0 Å². The lowest BCUT2D eigenvalue weighted by atomic mass is 10.1. The minimum Gasteiger partial charge on any atom is -0.444 e. The Morgan fingerprint density at radius 2 is 1.87 bits per heavy atom. The fraction of sp³-hybridized carbons (Fsp3) is 0.667. The number of alkyl carbamates (subject to hydrolysis) is 1. The second kappa shape index (κ2) is 9.90. The van der Waals surface area contributed by atoms with E-state index in [-0.39, 0.29) is 12.0 Å². The van der Waals surface area contributed by atoms with Crippen molar-refractivity contribution in [2.75, 3.05) is 50.7 Å². The first kappa shape index (κ1) is 23.4. The number of ether oxygens (including phenoxy) is 1. The molecule has 3 rings (SSSR count). The van der Waals surface area contributed by atoms with Gasteiger partial charge in [0.15, 0.2) is 0 Å². The number of amides is 2. The first-order valence-electron chi connectivity index (χ1n) is 11.4. The van der Waals surface area contributed by atoms with Crippen molar-refractivity contribution in [1.29, 1.82) is 0 Å². The fourth-order valence-electron chi connectivity index (χ4n) is 4.44. The molecule has 172 valence electrons. The molecular formula is C24H38N4O3. The molecule has 2 unspecified atom stereocenters. The van der Waals surface area contributed by atoms with Crippen molar-refractivity contribution in [3.05, 3.63) is 29.8 Å². The zero-order valence-corrected chi connectivity index (χ0v) is 19.7. The number of likely N-dealkylation sites (tertiary alicyclic amines) is 1. The van der Waals surface area contributed by atoms with Gasteiger partial charge in [-0.25, -0.2) is 4.79 Å². The molecule has 2 amide bonds. The van der Waals surface area contributed by atoms with E-state index < -0.39 is 5.60 Å². The fourth-order valence-corrected chi connectivity index (χ4v) is 4.44. The van der Waals surface area contributed by atoms with Crippen molar-refractivity contribution in [3.8, 4) is 0 Å². The van der Waals surface area contributed by atoms with E-state index in [9.17, 15) is 9.59 Å². The number of rotatable bonds is 5. The van der Waals surface area contributed by atoms with Gasteiger partial charge in [-0.05, 0) is 64.7 Å². The van der Waals surface area contributed by atoms with Crippen molar-refractivity contribution in [2.45, 2.75) is 52.7 Å². The maximum Gasteiger partial charge on any atom is 0.407 e. The smallest absolute Gasteiger partial charge is 0.407 e. The minimum atomic E-state index is -0.491. The first-order valence-corrected chi connectivity index (χ1v) is 11.4. The number of nitrogens with zero attached hydrogens (tertiary/aromatic N) is 3. The van der Waals surface area contributed by atoms with Gasteiger partial charge in [-0.3, -0.25) is 9.69 Å². The zero-order chi connectivity index (χ0) is 22.6. The zero-order valence-electron chi connectivity index (χ0n) is 19.7. The largest absolute Gasteiger partial charge is 0.444 e. The quantitative estimate of drug-likeness (QED) is 0.778. The van der Waals surface area contributed by atoms with Crippen molar-refractivity contribution >= 4 is 17.7 Å². The predicted molar refractivity (Wildman–Crippen MR) is 123 cm³/mol. The van der Waals surface area contributed by atoms with Gasteiger partial charge >= 0.3 is 6.09 Å². The molecule has 31 heavy (non-hydrogen) atoms. The number of hydrogen-bond acceptors (Lipinski definition) is 5. The predicted octanol–water partition coefficient (Wildman–Crippen LogP) is 2.88. The summed E-state index contributed by atoms with van der Waals surface area (Å²) in [6.07, 6.45) is 0.602. The highest BCUT2D eigenvalue weighted by Crippen LogP contribution is 2.23. The number of anilines is 1. The third kappa shape index (κ3) is 6.86. The van der Waals surface area contributed by atoms with E-state index >= 15 is 0 Å². The number of benzene rings is 1. The summed E-state index contributed by atoms with van der Waals surface area (Å²) in [5.41, 5.74) is 2.00. The highest BCUT2D eigenvalue weighted by atomic mass is 16.6. The normalized spacial score (nSPS) is 22.5. The van der Waals surface area contributed by atoms with Crippen LogP contribution in [0.15, 0.2) is 24.3 Å². The number of hydrogen-bond donors (Lipinski definition) is 1. The highest BCUT2D eigenvalue weighted by Gasteiger charge is 2.32. The number of carbonyl (C=O) groups excluding carboxylic acids is 2. The molecule has 0 radical (unpaired) electrons. The second-order valence-electron chi connectivity index (χ2n) is 9.97. The minimum absolute atomic E-state index is 0.205. The van der Waals surface area contributed by atoms with E-state index in [1.807, 2.05) is 25.7 Å². The summed E-state index contributed by atoms with van der Waals surface area (Å²) in [6, 6.07) is 8.88. The van der Waals surface area contributed by atoms with Crippen LogP contribution in [-0.4, -0.2) is 79.3 Å². The lowest BCUT2D eigenvalue weighted by molar-refractivity contribution is -0.132. The summed E-state index contributed by atoms with van der Waals surface area (Å²) in [5, 5.41) is 2.87. The first-order chi connectivity index (χ1) is 14.6. The molecule has 2 saturated heterocycles. The van der Waals surface area contributed by atoms with Crippen molar-refractivity contribution in [2.24, 2.45) is 5.92 Å². The van der Waals surface area contributed by atoms with E-state index in [0.717, 1.165) is 39.1 Å². The highest BCUT2D eigenvalue weighted by molar-refractivity contribution is 5.78. The molecule has 0 saturated carbocycles. The Kier molecular flexibility index (Phi) is 7.46. The van der Waals surface area contributed by atoms with Gasteiger partial charge < -0.3 is 19.9 Å². The molecular weight excluding hydrogens is 392 g/mol. The maximum absolute atomic E-state index is 12.9. The number of aryl methyl sites for hydroxylation is 1. The molecule has 2 aliphatic heterocycles. The molecule has 2 aliphatic rings. The van der Waals surface area contributed by atoms with E-state index in [4.69, 9.17) is 4.74 Å². The summed E-state index contributed by atoms with van der Waals surface area (Å²) in [4.78, 5) is 31.4. The molecule has 2 heterocycles. The van der Waals surface area contributed by atoms with E-state index in [1.54, 1.807) is 0 Å². The summed E-state index contributed by atoms with van der Waals surface area (Å²) in [7, 11) is 0. The Morgan fingerprint density at radius 3 is 2.52 bits per heavy atom. The van der Waals surface area contributed by atoms with Crippen LogP contribution in [-0.2, 0) is 9.53 Å². The van der Waals surface area contributed by atoms with Crippen molar-refractivity contribution in [1.82, 2.24) is 15.1 Å². The molecule has 1 N–H and O–H groups in total. The number of carbonyl (C=O) groups is 2. The molecule has 0 aromatic heterocycles. The third-order valence-corrected chi connectivity index (χ3v) is 6.06. The van der Waals surface area contributed by atoms with Crippen LogP contribution in [0.5, 0.6) is 0 Å². The maximum atomic E-state index is 12.9. The Bertz CT molecular complexity index is 768. The topological polar surface area (TPSA) is 65.1 Å². The van der Waals surface area contributed by atoms with E-state index in [1.165, 1.54) is 11.3 Å². The second-order valence-corrected chi connectivity index (χ2v) is 9.97. The lowest BCUT2D eigenvalue weighted by Gasteiger charge is -2.37. The van der Waals surface area contributed by atoms with Crippen LogP contribution in [0.4, 0.5) is 10.5 Å². The van der Waals surface area contributed by atoms with Crippen LogP contribution in [0.25, 0.3) is 0 Å². The average Bonchev–Trinajstić information content (AvgIpc) is 3.04. The van der Waals surface area contributed by atoms with Gasteiger partial charge in [0.2, 0.25) is 5.91 Å². The van der Waals surface area contributed by atoms with Gasteiger partial charge in [0, 0.05) is 51.0 Å². The summed E-state index contributed by atoms with van der Waals surface area (Å²) in [6.45, 7) is 15.0. The molecule has 2 atom stereocenters. The van der Waals surface area contributed by atoms with Gasteiger partial charge in [0.1, 0.15) is 5.60 Å². The number of piperazine rings is 1. The van der Waals surface area contributed by atoms with Crippen LogP contribution in [0.2, 0.25) is 0 Å². The Hall–Kier alpha value is -2.28. The monoisotopic (exact) mass is 430 g/mol. The van der Waals surface area contributed by atoms with Gasteiger partial charge in [-0.2, -0.15) is 0 Å². The van der Waals surface area contributed by atoms with E-state index in [2.05, 4.69) is 53.2 Å². The molecule has 1 aromatic rings. The lowest BCUT2D eigenvalue weighted by Crippen LogP contribution is -2.51. The van der Waals surface area contributed by atoms with Crippen LogP contribution >= 0.6 is 0 Å². The standard InChI is InChI=1S/C24H38N4O3/c1-18-7-6-8-21(13-18)26-9-11-27(12-10-26)22(29)17-28-16-20(14-19(28)2)15-25-23(30)31-24(3,4)5/h6-8,13,19-20H,9-12,14-17H2,1-5H3,(H,25,30). The summed E-state index contributed by atoms with van der Waals surface area (Å²) in [5.74, 6) is 0.546. The van der Waals surface area contributed by atoms with Gasteiger partial charge in [0.05, 0.1) is 6.54 Å². The van der Waals surface area contributed by atoms with Crippen LogP contribution in [0.1, 0.15) is 39.7 Å². The summed E-state index contributed by atoms with van der Waals surface area (Å²) < 4.78 is 5.31. The molecule has 2 fully saturated rings. The third-order valence-electron chi connectivity index (χ3n) is 6.06. The SMILES string of the molecule is Cc1cccc(N2CCN(C(=O)CN3CC(CNC(=O)OC(C)(C)C)CC3C)CC2)c1. The number of nitrogens with one attached hydrogen (secondary N) is 1. The molecule has 7 heteroatoms. The van der Waals surface area contributed by atoms with Crippen molar-refractivity contribution in [3.63, 3.8) is 0 Å². The van der Waals surface area contributed by atoms with Gasteiger partial charge in [-0.1, -0.05) is 12.1 Å². The average molecular weight is 431 g/mol. The molecule has 1 aromatic carbocycles. The van der Waals surface area contributed by atoms with E-state index in [0.29, 0.717) is 25.0 Å². The Labute approximate surface area is 186 Å². The Balaban J connectivity index is 1.42. The molecule has 0 spiro atoms. The van der Waals surface area contributed by atoms with Gasteiger partial charge in [-0.15, -0.1) is 0 Å². The molecule has 0 aliphatic carbocycles. The van der Waals surface area contributed by atoms with Crippen molar-refractivity contribution < 1.29 is 14.3 Å².